The SMILES string of the molecule is CC(C)C(NC(=O)C(Cl)Cl)C(=O)N1CCN(C(=O)C2CC2)C(C)C1. The summed E-state index contributed by atoms with van der Waals surface area (Å²) in [6.07, 6.45) is 1.95. The molecular weight excluding hydrogens is 353 g/mol. The number of hydrogen-bond acceptors (Lipinski definition) is 3. The highest BCUT2D eigenvalue weighted by molar-refractivity contribution is 6.53. The van der Waals surface area contributed by atoms with Gasteiger partial charge in [0.25, 0.3) is 5.91 Å². The molecule has 2 rings (SSSR count). The van der Waals surface area contributed by atoms with Crippen molar-refractivity contribution in [2.24, 2.45) is 11.8 Å². The van der Waals surface area contributed by atoms with Crippen LogP contribution in [0.5, 0.6) is 0 Å². The van der Waals surface area contributed by atoms with Crippen LogP contribution < -0.4 is 5.32 Å². The molecule has 8 heteroatoms. The quantitative estimate of drug-likeness (QED) is 0.736. The minimum absolute atomic E-state index is 0.0203. The number of piperazine rings is 1. The van der Waals surface area contributed by atoms with Crippen molar-refractivity contribution in [3.63, 3.8) is 0 Å². The van der Waals surface area contributed by atoms with Gasteiger partial charge in [-0.1, -0.05) is 37.0 Å². The van der Waals surface area contributed by atoms with Crippen LogP contribution >= 0.6 is 23.2 Å². The molecule has 0 aromatic carbocycles. The third kappa shape index (κ3) is 4.54. The topological polar surface area (TPSA) is 69.7 Å². The second-order valence-electron chi connectivity index (χ2n) is 6.97. The van der Waals surface area contributed by atoms with Crippen LogP contribution in [0.1, 0.15) is 33.6 Å². The molecule has 2 fully saturated rings. The molecule has 1 heterocycles. The van der Waals surface area contributed by atoms with Crippen LogP contribution in [0.3, 0.4) is 0 Å². The average molecular weight is 378 g/mol. The zero-order valence-corrected chi connectivity index (χ0v) is 15.8. The van der Waals surface area contributed by atoms with Crippen LogP contribution in [0.25, 0.3) is 0 Å². The van der Waals surface area contributed by atoms with E-state index in [4.69, 9.17) is 23.2 Å². The summed E-state index contributed by atoms with van der Waals surface area (Å²) in [6.45, 7) is 7.16. The van der Waals surface area contributed by atoms with Gasteiger partial charge in [0, 0.05) is 31.6 Å². The van der Waals surface area contributed by atoms with E-state index in [2.05, 4.69) is 5.32 Å². The molecule has 6 nitrogen and oxygen atoms in total. The maximum atomic E-state index is 12.8. The Labute approximate surface area is 152 Å². The summed E-state index contributed by atoms with van der Waals surface area (Å²) in [6, 6.07) is -0.691. The summed E-state index contributed by atoms with van der Waals surface area (Å²) < 4.78 is 0. The molecule has 136 valence electrons. The molecule has 1 N–H and O–H groups in total. The maximum Gasteiger partial charge on any atom is 0.253 e. The number of nitrogens with one attached hydrogen (secondary N) is 1. The Morgan fingerprint density at radius 2 is 1.75 bits per heavy atom. The van der Waals surface area contributed by atoms with Gasteiger partial charge in [-0.25, -0.2) is 0 Å². The van der Waals surface area contributed by atoms with Crippen molar-refractivity contribution >= 4 is 40.9 Å². The van der Waals surface area contributed by atoms with Crippen LogP contribution in [-0.4, -0.2) is 64.1 Å². The predicted molar refractivity (Wildman–Crippen MR) is 92.7 cm³/mol. The first-order chi connectivity index (χ1) is 11.2. The average Bonchev–Trinajstić information content (AvgIpc) is 3.35. The summed E-state index contributed by atoms with van der Waals surface area (Å²) in [5.74, 6) is -0.425. The fraction of sp³-hybridized carbons (Fsp3) is 0.812. The Bertz CT molecular complexity index is 509. The number of hydrogen-bond donors (Lipinski definition) is 1. The number of alkyl halides is 2. The summed E-state index contributed by atoms with van der Waals surface area (Å²) in [5, 5.41) is 2.62. The summed E-state index contributed by atoms with van der Waals surface area (Å²) in [7, 11) is 0. The lowest BCUT2D eigenvalue weighted by atomic mass is 10.0. The highest BCUT2D eigenvalue weighted by Crippen LogP contribution is 2.32. The first-order valence-corrected chi connectivity index (χ1v) is 9.27. The van der Waals surface area contributed by atoms with E-state index in [1.807, 2.05) is 25.7 Å². The molecule has 1 saturated carbocycles. The smallest absolute Gasteiger partial charge is 0.253 e. The van der Waals surface area contributed by atoms with Crippen molar-refractivity contribution in [2.45, 2.75) is 50.5 Å². The first-order valence-electron chi connectivity index (χ1n) is 8.40. The summed E-state index contributed by atoms with van der Waals surface area (Å²) >= 11 is 11.1. The van der Waals surface area contributed by atoms with E-state index in [0.717, 1.165) is 12.8 Å². The lowest BCUT2D eigenvalue weighted by Crippen LogP contribution is -2.60. The molecule has 0 bridgehead atoms. The van der Waals surface area contributed by atoms with Gasteiger partial charge in [-0.05, 0) is 25.7 Å². The van der Waals surface area contributed by atoms with Crippen LogP contribution in [0.2, 0.25) is 0 Å². The zero-order valence-electron chi connectivity index (χ0n) is 14.3. The third-order valence-electron chi connectivity index (χ3n) is 4.58. The third-order valence-corrected chi connectivity index (χ3v) is 4.97. The van der Waals surface area contributed by atoms with Crippen LogP contribution in [0.4, 0.5) is 0 Å². The number of nitrogens with zero attached hydrogens (tertiary/aromatic N) is 2. The van der Waals surface area contributed by atoms with Crippen molar-refractivity contribution in [2.75, 3.05) is 19.6 Å². The van der Waals surface area contributed by atoms with Crippen molar-refractivity contribution in [3.05, 3.63) is 0 Å². The summed E-state index contributed by atoms with van der Waals surface area (Å²) in [4.78, 5) is 39.1. The molecule has 1 aliphatic carbocycles. The Balaban J connectivity index is 1.98. The van der Waals surface area contributed by atoms with Gasteiger partial charge in [-0.15, -0.1) is 0 Å². The largest absolute Gasteiger partial charge is 0.342 e. The van der Waals surface area contributed by atoms with Crippen molar-refractivity contribution in [3.8, 4) is 0 Å². The zero-order chi connectivity index (χ0) is 18.0. The molecule has 1 aliphatic heterocycles. The van der Waals surface area contributed by atoms with E-state index in [1.54, 1.807) is 4.90 Å². The summed E-state index contributed by atoms with van der Waals surface area (Å²) in [5.41, 5.74) is 0. The van der Waals surface area contributed by atoms with Gasteiger partial charge in [0.2, 0.25) is 11.8 Å². The Morgan fingerprint density at radius 1 is 1.12 bits per heavy atom. The van der Waals surface area contributed by atoms with Crippen LogP contribution in [0.15, 0.2) is 0 Å². The number of halogens is 2. The van der Waals surface area contributed by atoms with E-state index < -0.39 is 16.8 Å². The van der Waals surface area contributed by atoms with E-state index in [1.165, 1.54) is 0 Å². The second kappa shape index (κ2) is 7.91. The number of amides is 3. The van der Waals surface area contributed by atoms with Gasteiger partial charge in [0.1, 0.15) is 6.04 Å². The van der Waals surface area contributed by atoms with Gasteiger partial charge in [0.15, 0.2) is 4.84 Å². The molecule has 0 aromatic heterocycles. The highest BCUT2D eigenvalue weighted by atomic mass is 35.5. The van der Waals surface area contributed by atoms with E-state index >= 15 is 0 Å². The van der Waals surface area contributed by atoms with Crippen LogP contribution in [-0.2, 0) is 14.4 Å². The maximum absolute atomic E-state index is 12.8. The van der Waals surface area contributed by atoms with Crippen molar-refractivity contribution < 1.29 is 14.4 Å². The van der Waals surface area contributed by atoms with Crippen molar-refractivity contribution in [1.29, 1.82) is 0 Å². The first kappa shape index (κ1) is 19.3. The molecule has 2 atom stereocenters. The molecule has 0 spiro atoms. The van der Waals surface area contributed by atoms with Crippen LogP contribution in [0, 0.1) is 11.8 Å². The standard InChI is InChI=1S/C16H25Cl2N3O3/c1-9(2)12(19-14(22)13(17)18)16(24)20-6-7-21(10(3)8-20)15(23)11-4-5-11/h9-13H,4-8H2,1-3H3,(H,19,22). The molecule has 0 radical (unpaired) electrons. The lowest BCUT2D eigenvalue weighted by molar-refractivity contribution is -0.145. The van der Waals surface area contributed by atoms with E-state index in [9.17, 15) is 14.4 Å². The normalized spacial score (nSPS) is 22.7. The van der Waals surface area contributed by atoms with Gasteiger partial charge in [-0.3, -0.25) is 14.4 Å². The molecule has 2 unspecified atom stereocenters. The minimum Gasteiger partial charge on any atom is -0.342 e. The Kier molecular flexibility index (Phi) is 6.37. The molecule has 24 heavy (non-hydrogen) atoms. The van der Waals surface area contributed by atoms with Gasteiger partial charge in [-0.2, -0.15) is 0 Å². The number of carbonyl (C=O) groups is 3. The molecular formula is C16H25Cl2N3O3. The van der Waals surface area contributed by atoms with E-state index in [0.29, 0.717) is 19.6 Å². The predicted octanol–water partition coefficient (Wildman–Crippen LogP) is 1.40. The number of carbonyl (C=O) groups excluding carboxylic acids is 3. The minimum atomic E-state index is -1.20. The fourth-order valence-electron chi connectivity index (χ4n) is 2.98. The lowest BCUT2D eigenvalue weighted by Gasteiger charge is -2.41. The monoisotopic (exact) mass is 377 g/mol. The van der Waals surface area contributed by atoms with Gasteiger partial charge < -0.3 is 15.1 Å². The molecule has 0 aromatic rings. The van der Waals surface area contributed by atoms with Gasteiger partial charge in [0.05, 0.1) is 0 Å². The van der Waals surface area contributed by atoms with Gasteiger partial charge >= 0.3 is 0 Å². The van der Waals surface area contributed by atoms with E-state index in [-0.39, 0.29) is 29.7 Å². The molecule has 3 amide bonds. The molecule has 2 aliphatic rings. The Hall–Kier alpha value is -1.01. The second-order valence-corrected chi connectivity index (χ2v) is 8.07. The highest BCUT2D eigenvalue weighted by Gasteiger charge is 2.39. The number of rotatable bonds is 5. The van der Waals surface area contributed by atoms with Crippen molar-refractivity contribution in [1.82, 2.24) is 15.1 Å². The fourth-order valence-corrected chi connectivity index (χ4v) is 3.10. The Morgan fingerprint density at radius 3 is 2.21 bits per heavy atom. The molecule has 1 saturated heterocycles.